The highest BCUT2D eigenvalue weighted by molar-refractivity contribution is 7.98. The van der Waals surface area contributed by atoms with Gasteiger partial charge in [-0.1, -0.05) is 30.3 Å². The summed E-state index contributed by atoms with van der Waals surface area (Å²) in [7, 11) is 0. The van der Waals surface area contributed by atoms with E-state index in [0.717, 1.165) is 16.5 Å². The summed E-state index contributed by atoms with van der Waals surface area (Å²) in [4.78, 5) is 8.80. The molecular formula is C12H13ClN4S. The predicted octanol–water partition coefficient (Wildman–Crippen LogP) is 2.94. The Balaban J connectivity index is 1.90. The molecule has 2 bridgehead atoms. The normalized spacial score (nSPS) is 33.3. The van der Waals surface area contributed by atoms with E-state index in [4.69, 9.17) is 11.6 Å². The quantitative estimate of drug-likeness (QED) is 0.794. The van der Waals surface area contributed by atoms with Gasteiger partial charge in [0, 0.05) is 5.41 Å². The number of rotatable bonds is 2. The Labute approximate surface area is 114 Å². The van der Waals surface area contributed by atoms with Crippen molar-refractivity contribution < 1.29 is 0 Å². The lowest BCUT2D eigenvalue weighted by atomic mass is 9.35. The summed E-state index contributed by atoms with van der Waals surface area (Å²) >= 11 is 7.73. The molecule has 0 N–H and O–H groups in total. The average Bonchev–Trinajstić information content (AvgIpc) is 2.61. The fraction of sp³-hybridized carbons (Fsp3) is 0.583. The van der Waals surface area contributed by atoms with Crippen molar-refractivity contribution in [3.05, 3.63) is 17.2 Å². The maximum atomic E-state index is 6.19. The Morgan fingerprint density at radius 1 is 1.39 bits per heavy atom. The van der Waals surface area contributed by atoms with Crippen LogP contribution in [0.15, 0.2) is 11.4 Å². The van der Waals surface area contributed by atoms with Crippen molar-refractivity contribution in [3.63, 3.8) is 0 Å². The first-order valence-corrected chi connectivity index (χ1v) is 7.61. The molecule has 0 radical (unpaired) electrons. The Morgan fingerprint density at radius 3 is 2.72 bits per heavy atom. The number of thioether (sulfide) groups is 1. The number of hydrogen-bond acceptors (Lipinski definition) is 4. The van der Waals surface area contributed by atoms with Gasteiger partial charge in [-0.3, -0.25) is 0 Å². The number of halogens is 1. The minimum absolute atomic E-state index is 0.231. The first kappa shape index (κ1) is 11.1. The van der Waals surface area contributed by atoms with Crippen LogP contribution in [-0.2, 0) is 5.41 Å². The zero-order valence-electron chi connectivity index (χ0n) is 10.3. The van der Waals surface area contributed by atoms with Gasteiger partial charge in [-0.15, -0.1) is 5.10 Å². The molecule has 3 aliphatic carbocycles. The van der Waals surface area contributed by atoms with Crippen molar-refractivity contribution in [1.29, 1.82) is 0 Å². The number of imidazole rings is 1. The van der Waals surface area contributed by atoms with Crippen LogP contribution in [0.1, 0.15) is 32.0 Å². The standard InChI is InChI=1S/C12H13ClN4S/c1-11-4-12(5-11,6-11)9-15-8(13)7-3-14-10(18-2)16-17(7)9/h3H,4-6H2,1-2H3. The topological polar surface area (TPSA) is 43.1 Å². The molecule has 0 spiro atoms. The summed E-state index contributed by atoms with van der Waals surface area (Å²) in [5.74, 6) is 1.03. The molecule has 6 heteroatoms. The molecule has 0 aromatic carbocycles. The van der Waals surface area contributed by atoms with E-state index in [1.807, 2.05) is 10.8 Å². The maximum Gasteiger partial charge on any atom is 0.207 e. The van der Waals surface area contributed by atoms with Crippen LogP contribution in [0.4, 0.5) is 0 Å². The number of hydrogen-bond donors (Lipinski definition) is 0. The Hall–Kier alpha value is -0.810. The molecule has 0 saturated heterocycles. The van der Waals surface area contributed by atoms with Gasteiger partial charge in [0.05, 0.1) is 6.20 Å². The first-order chi connectivity index (χ1) is 8.55. The van der Waals surface area contributed by atoms with Gasteiger partial charge in [-0.05, 0) is 30.9 Å². The molecule has 0 unspecified atom stereocenters. The molecule has 3 aliphatic rings. The highest BCUT2D eigenvalue weighted by Crippen LogP contribution is 2.73. The summed E-state index contributed by atoms with van der Waals surface area (Å²) in [6.07, 6.45) is 7.39. The predicted molar refractivity (Wildman–Crippen MR) is 71.2 cm³/mol. The van der Waals surface area contributed by atoms with Gasteiger partial charge in [0.25, 0.3) is 0 Å². The Bertz CT molecular complexity index is 646. The summed E-state index contributed by atoms with van der Waals surface area (Å²) in [6.45, 7) is 2.34. The van der Waals surface area contributed by atoms with Crippen molar-refractivity contribution in [2.24, 2.45) is 5.41 Å². The molecule has 3 fully saturated rings. The smallest absolute Gasteiger partial charge is 0.207 e. The molecule has 2 aromatic rings. The molecule has 4 nitrogen and oxygen atoms in total. The molecule has 0 aliphatic heterocycles. The van der Waals surface area contributed by atoms with E-state index in [1.165, 1.54) is 31.0 Å². The molecular weight excluding hydrogens is 268 g/mol. The Morgan fingerprint density at radius 2 is 2.11 bits per heavy atom. The highest BCUT2D eigenvalue weighted by atomic mass is 35.5. The van der Waals surface area contributed by atoms with Crippen LogP contribution >= 0.6 is 23.4 Å². The minimum atomic E-state index is 0.231. The van der Waals surface area contributed by atoms with Gasteiger partial charge in [0.15, 0.2) is 5.15 Å². The van der Waals surface area contributed by atoms with E-state index in [2.05, 4.69) is 22.0 Å². The van der Waals surface area contributed by atoms with Gasteiger partial charge in [-0.25, -0.2) is 14.5 Å². The fourth-order valence-corrected chi connectivity index (χ4v) is 4.34. The first-order valence-electron chi connectivity index (χ1n) is 6.01. The van der Waals surface area contributed by atoms with E-state index in [9.17, 15) is 0 Å². The van der Waals surface area contributed by atoms with E-state index in [1.54, 1.807) is 6.20 Å². The third-order valence-electron chi connectivity index (χ3n) is 4.28. The van der Waals surface area contributed by atoms with Crippen LogP contribution in [0.25, 0.3) is 5.52 Å². The van der Waals surface area contributed by atoms with E-state index >= 15 is 0 Å². The highest BCUT2D eigenvalue weighted by Gasteiger charge is 2.67. The molecule has 2 aromatic heterocycles. The summed E-state index contributed by atoms with van der Waals surface area (Å²) in [6, 6.07) is 0. The number of aromatic nitrogens is 4. The van der Waals surface area contributed by atoms with Gasteiger partial charge in [-0.2, -0.15) is 0 Å². The molecule has 5 rings (SSSR count). The van der Waals surface area contributed by atoms with Crippen molar-refractivity contribution in [2.45, 2.75) is 36.8 Å². The molecule has 18 heavy (non-hydrogen) atoms. The molecule has 0 amide bonds. The van der Waals surface area contributed by atoms with Gasteiger partial charge in [0.1, 0.15) is 11.3 Å². The van der Waals surface area contributed by atoms with E-state index in [0.29, 0.717) is 10.6 Å². The molecule has 94 valence electrons. The molecule has 0 atom stereocenters. The van der Waals surface area contributed by atoms with Gasteiger partial charge in [0.2, 0.25) is 5.16 Å². The summed E-state index contributed by atoms with van der Waals surface area (Å²) < 4.78 is 1.90. The van der Waals surface area contributed by atoms with Crippen LogP contribution in [0.2, 0.25) is 5.15 Å². The third kappa shape index (κ3) is 1.21. The zero-order valence-corrected chi connectivity index (χ0v) is 11.8. The van der Waals surface area contributed by atoms with E-state index in [-0.39, 0.29) is 5.41 Å². The molecule has 2 heterocycles. The SMILES string of the molecule is CSc1ncc2c(Cl)nc(C34CC(C)(C3)C4)n2n1. The van der Waals surface area contributed by atoms with Gasteiger partial charge < -0.3 is 0 Å². The van der Waals surface area contributed by atoms with E-state index < -0.39 is 0 Å². The lowest BCUT2D eigenvalue weighted by molar-refractivity contribution is -0.131. The lowest BCUT2D eigenvalue weighted by Gasteiger charge is -2.68. The monoisotopic (exact) mass is 280 g/mol. The molecule has 3 saturated carbocycles. The summed E-state index contributed by atoms with van der Waals surface area (Å²) in [5, 5.41) is 5.81. The largest absolute Gasteiger partial charge is 0.227 e. The number of fused-ring (bicyclic) bond motifs is 1. The van der Waals surface area contributed by atoms with Crippen LogP contribution in [-0.4, -0.2) is 25.8 Å². The minimum Gasteiger partial charge on any atom is -0.227 e. The summed E-state index contributed by atoms with van der Waals surface area (Å²) in [5.41, 5.74) is 1.60. The zero-order chi connectivity index (χ0) is 12.5. The van der Waals surface area contributed by atoms with Gasteiger partial charge >= 0.3 is 0 Å². The number of nitrogens with zero attached hydrogens (tertiary/aromatic N) is 4. The van der Waals surface area contributed by atoms with Crippen LogP contribution < -0.4 is 0 Å². The fourth-order valence-electron chi connectivity index (χ4n) is 3.81. The second-order valence-electron chi connectivity index (χ2n) is 5.89. The average molecular weight is 281 g/mol. The Kier molecular flexibility index (Phi) is 1.96. The second-order valence-corrected chi connectivity index (χ2v) is 7.02. The van der Waals surface area contributed by atoms with Crippen LogP contribution in [0.5, 0.6) is 0 Å². The van der Waals surface area contributed by atoms with Crippen LogP contribution in [0.3, 0.4) is 0 Å². The third-order valence-corrected chi connectivity index (χ3v) is 5.11. The van der Waals surface area contributed by atoms with Crippen molar-refractivity contribution in [2.75, 3.05) is 6.26 Å². The van der Waals surface area contributed by atoms with Crippen molar-refractivity contribution >= 4 is 28.9 Å². The second kappa shape index (κ2) is 3.20. The van der Waals surface area contributed by atoms with Crippen molar-refractivity contribution in [1.82, 2.24) is 19.6 Å². The van der Waals surface area contributed by atoms with Crippen molar-refractivity contribution in [3.8, 4) is 0 Å². The lowest BCUT2D eigenvalue weighted by Crippen LogP contribution is -2.63. The maximum absolute atomic E-state index is 6.19. The van der Waals surface area contributed by atoms with Crippen LogP contribution in [0, 0.1) is 5.41 Å².